The van der Waals surface area contributed by atoms with Gasteiger partial charge in [0.05, 0.1) is 5.92 Å². The van der Waals surface area contributed by atoms with Crippen LogP contribution in [-0.2, 0) is 4.79 Å². The number of hydrogen-bond acceptors (Lipinski definition) is 1. The lowest BCUT2D eigenvalue weighted by Crippen LogP contribution is -2.44. The molecule has 1 aliphatic heterocycles. The molecule has 1 amide bonds. The van der Waals surface area contributed by atoms with Crippen LogP contribution in [0.3, 0.4) is 0 Å². The van der Waals surface area contributed by atoms with Crippen molar-refractivity contribution >= 4 is 5.91 Å². The van der Waals surface area contributed by atoms with Crippen LogP contribution in [0.2, 0.25) is 0 Å². The van der Waals surface area contributed by atoms with Crippen molar-refractivity contribution in [2.75, 3.05) is 6.54 Å². The van der Waals surface area contributed by atoms with Crippen molar-refractivity contribution in [3.63, 3.8) is 0 Å². The topological polar surface area (TPSA) is 29.1 Å². The lowest BCUT2D eigenvalue weighted by Gasteiger charge is -2.23. The van der Waals surface area contributed by atoms with Crippen LogP contribution < -0.4 is 5.32 Å². The summed E-state index contributed by atoms with van der Waals surface area (Å²) in [5, 5.41) is 1.93. The molecule has 0 aromatic rings. The van der Waals surface area contributed by atoms with Gasteiger partial charge in [-0.3, -0.25) is 4.79 Å². The van der Waals surface area contributed by atoms with Gasteiger partial charge in [0.1, 0.15) is 0 Å². The number of nitrogens with one attached hydrogen (secondary N) is 1. The Kier molecular flexibility index (Phi) is 2.21. The van der Waals surface area contributed by atoms with Gasteiger partial charge in [-0.25, -0.2) is 0 Å². The first-order valence-electron chi connectivity index (χ1n) is 3.46. The number of amides is 1. The number of carbonyl (C=O) groups is 1. The summed E-state index contributed by atoms with van der Waals surface area (Å²) >= 11 is 0. The Labute approximate surface area is 70.1 Å². The molecule has 1 N–H and O–H groups in total. The molecule has 1 aliphatic rings. The summed E-state index contributed by atoms with van der Waals surface area (Å²) in [5.74, 6) is -7.53. The molecule has 1 saturated heterocycles. The van der Waals surface area contributed by atoms with Crippen LogP contribution in [0, 0.1) is 5.92 Å². The van der Waals surface area contributed by atoms with E-state index in [4.69, 9.17) is 0 Å². The molecule has 0 aromatic heterocycles. The zero-order valence-electron chi connectivity index (χ0n) is 6.29. The smallest absolute Gasteiger partial charge is 0.356 e. The van der Waals surface area contributed by atoms with E-state index >= 15 is 0 Å². The van der Waals surface area contributed by atoms with Crippen LogP contribution in [0.25, 0.3) is 0 Å². The maximum atomic E-state index is 12.5. The van der Waals surface area contributed by atoms with Crippen molar-refractivity contribution in [3.8, 4) is 0 Å². The fraction of sp³-hybridized carbons (Fsp3) is 0.833. The van der Waals surface area contributed by atoms with E-state index in [0.717, 1.165) is 0 Å². The Hall–Kier alpha value is -0.880. The second-order valence-electron chi connectivity index (χ2n) is 2.83. The average Bonchev–Trinajstić information content (AvgIpc) is 2.33. The van der Waals surface area contributed by atoms with Crippen LogP contribution >= 0.6 is 0 Å². The molecule has 1 fully saturated rings. The number of halogens is 5. The monoisotopic (exact) mass is 203 g/mol. The van der Waals surface area contributed by atoms with Crippen LogP contribution in [-0.4, -0.2) is 24.6 Å². The van der Waals surface area contributed by atoms with Crippen molar-refractivity contribution in [1.29, 1.82) is 0 Å². The summed E-state index contributed by atoms with van der Waals surface area (Å²) < 4.78 is 60.2. The van der Waals surface area contributed by atoms with E-state index in [1.165, 1.54) is 0 Å². The summed E-state index contributed by atoms with van der Waals surface area (Å²) in [6.07, 6.45) is -6.35. The first-order valence-corrected chi connectivity index (χ1v) is 3.46. The van der Waals surface area contributed by atoms with Gasteiger partial charge in [0.25, 0.3) is 0 Å². The predicted molar refractivity (Wildman–Crippen MR) is 32.1 cm³/mol. The van der Waals surface area contributed by atoms with E-state index in [1.54, 1.807) is 0 Å². The SMILES string of the molecule is O=C1CC(C(F)(F)C(F)(F)F)CN1. The number of carbonyl (C=O) groups excluding carboxylic acids is 1. The lowest BCUT2D eigenvalue weighted by molar-refractivity contribution is -0.300. The zero-order valence-corrected chi connectivity index (χ0v) is 6.29. The van der Waals surface area contributed by atoms with Gasteiger partial charge in [-0.1, -0.05) is 0 Å². The normalized spacial score (nSPS) is 24.7. The van der Waals surface area contributed by atoms with Gasteiger partial charge >= 0.3 is 12.1 Å². The molecule has 13 heavy (non-hydrogen) atoms. The number of rotatable bonds is 1. The van der Waals surface area contributed by atoms with Crippen molar-refractivity contribution in [2.45, 2.75) is 18.5 Å². The molecule has 1 rings (SSSR count). The Morgan fingerprint density at radius 1 is 1.23 bits per heavy atom. The molecular formula is C6H6F5NO. The van der Waals surface area contributed by atoms with Crippen LogP contribution in [0.1, 0.15) is 6.42 Å². The van der Waals surface area contributed by atoms with Crippen LogP contribution in [0.4, 0.5) is 22.0 Å². The summed E-state index contributed by atoms with van der Waals surface area (Å²) in [4.78, 5) is 10.4. The second kappa shape index (κ2) is 2.81. The fourth-order valence-electron chi connectivity index (χ4n) is 1.09. The molecule has 1 heterocycles. The Morgan fingerprint density at radius 2 is 1.77 bits per heavy atom. The second-order valence-corrected chi connectivity index (χ2v) is 2.83. The molecule has 7 heteroatoms. The molecule has 1 atom stereocenters. The van der Waals surface area contributed by atoms with Gasteiger partial charge in [-0.15, -0.1) is 0 Å². The molecular weight excluding hydrogens is 197 g/mol. The van der Waals surface area contributed by atoms with E-state index in [0.29, 0.717) is 0 Å². The Balaban J connectivity index is 2.76. The summed E-state index contributed by atoms with van der Waals surface area (Å²) in [6, 6.07) is 0. The minimum Gasteiger partial charge on any atom is -0.356 e. The molecule has 2 nitrogen and oxygen atoms in total. The van der Waals surface area contributed by atoms with Crippen molar-refractivity contribution in [3.05, 3.63) is 0 Å². The highest BCUT2D eigenvalue weighted by Gasteiger charge is 2.63. The fourth-order valence-corrected chi connectivity index (χ4v) is 1.09. The van der Waals surface area contributed by atoms with Crippen molar-refractivity contribution in [1.82, 2.24) is 5.32 Å². The molecule has 76 valence electrons. The van der Waals surface area contributed by atoms with Gasteiger partial charge in [0, 0.05) is 13.0 Å². The van der Waals surface area contributed by atoms with Crippen LogP contribution in [0.5, 0.6) is 0 Å². The molecule has 0 spiro atoms. The third kappa shape index (κ3) is 1.73. The van der Waals surface area contributed by atoms with E-state index in [9.17, 15) is 26.7 Å². The van der Waals surface area contributed by atoms with Crippen molar-refractivity contribution < 1.29 is 26.7 Å². The third-order valence-corrected chi connectivity index (χ3v) is 1.87. The van der Waals surface area contributed by atoms with E-state index in [1.807, 2.05) is 5.32 Å². The molecule has 0 aliphatic carbocycles. The molecule has 0 aromatic carbocycles. The molecule has 1 unspecified atom stereocenters. The first kappa shape index (κ1) is 10.2. The van der Waals surface area contributed by atoms with Gasteiger partial charge in [0.15, 0.2) is 0 Å². The Morgan fingerprint density at radius 3 is 2.08 bits per heavy atom. The summed E-state index contributed by atoms with van der Waals surface area (Å²) in [6.45, 7) is -0.620. The first-order chi connectivity index (χ1) is 5.75. The zero-order chi connectivity index (χ0) is 10.3. The Bertz CT molecular complexity index is 224. The quantitative estimate of drug-likeness (QED) is 0.640. The number of hydrogen-bond donors (Lipinski definition) is 1. The highest BCUT2D eigenvalue weighted by molar-refractivity contribution is 5.78. The lowest BCUT2D eigenvalue weighted by atomic mass is 10.0. The maximum Gasteiger partial charge on any atom is 0.453 e. The average molecular weight is 203 g/mol. The van der Waals surface area contributed by atoms with E-state index < -0.39 is 36.9 Å². The standard InChI is InChI=1S/C6H6F5NO/c7-5(8,6(9,10)11)3-1-4(13)12-2-3/h3H,1-2H2,(H,12,13). The van der Waals surface area contributed by atoms with E-state index in [-0.39, 0.29) is 0 Å². The van der Waals surface area contributed by atoms with Gasteiger partial charge in [-0.2, -0.15) is 22.0 Å². The van der Waals surface area contributed by atoms with Gasteiger partial charge < -0.3 is 5.32 Å². The third-order valence-electron chi connectivity index (χ3n) is 1.87. The molecule has 0 saturated carbocycles. The van der Waals surface area contributed by atoms with Crippen molar-refractivity contribution in [2.24, 2.45) is 5.92 Å². The minimum atomic E-state index is -5.58. The summed E-state index contributed by atoms with van der Waals surface area (Å²) in [7, 11) is 0. The molecule has 0 radical (unpaired) electrons. The number of alkyl halides is 5. The maximum absolute atomic E-state index is 12.5. The highest BCUT2D eigenvalue weighted by atomic mass is 19.4. The van der Waals surface area contributed by atoms with Crippen LogP contribution in [0.15, 0.2) is 0 Å². The van der Waals surface area contributed by atoms with E-state index in [2.05, 4.69) is 0 Å². The molecule has 0 bridgehead atoms. The minimum absolute atomic E-state index is 0.620. The van der Waals surface area contributed by atoms with Gasteiger partial charge in [-0.05, 0) is 0 Å². The van der Waals surface area contributed by atoms with Gasteiger partial charge in [0.2, 0.25) is 5.91 Å². The highest BCUT2D eigenvalue weighted by Crippen LogP contribution is 2.43. The summed E-state index contributed by atoms with van der Waals surface area (Å²) in [5.41, 5.74) is 0. The largest absolute Gasteiger partial charge is 0.453 e. The predicted octanol–water partition coefficient (Wildman–Crippen LogP) is 1.32.